The molecule has 1 N–H and O–H groups in total. The monoisotopic (exact) mass is 381 g/mol. The summed E-state index contributed by atoms with van der Waals surface area (Å²) in [5.41, 5.74) is 2.32. The molecule has 0 aliphatic carbocycles. The highest BCUT2D eigenvalue weighted by Gasteiger charge is 2.15. The standard InChI is InChI=1S/C21H20FN3O3/c1-14-10-20-24(21(27)17-7-3-5-9-19(17)25(20)23-14)11-16(26)13-28-12-15-6-2-4-8-18(15)22/h2-10,16,26H,11-13H2,1H3. The highest BCUT2D eigenvalue weighted by Crippen LogP contribution is 2.15. The van der Waals surface area contributed by atoms with Crippen LogP contribution in [0.3, 0.4) is 0 Å². The quantitative estimate of drug-likeness (QED) is 0.558. The lowest BCUT2D eigenvalue weighted by molar-refractivity contribution is 0.0195. The number of para-hydroxylation sites is 1. The highest BCUT2D eigenvalue weighted by molar-refractivity contribution is 5.80. The molecule has 28 heavy (non-hydrogen) atoms. The van der Waals surface area contributed by atoms with Gasteiger partial charge < -0.3 is 9.84 Å². The molecule has 0 spiro atoms. The molecule has 2 heterocycles. The minimum absolute atomic E-state index is 0.0210. The van der Waals surface area contributed by atoms with Crippen molar-refractivity contribution < 1.29 is 14.2 Å². The van der Waals surface area contributed by atoms with Gasteiger partial charge in [-0.3, -0.25) is 9.36 Å². The van der Waals surface area contributed by atoms with Gasteiger partial charge in [0, 0.05) is 11.6 Å². The normalized spacial score (nSPS) is 12.7. The third kappa shape index (κ3) is 3.42. The number of rotatable bonds is 6. The van der Waals surface area contributed by atoms with Gasteiger partial charge >= 0.3 is 0 Å². The van der Waals surface area contributed by atoms with E-state index in [4.69, 9.17) is 4.74 Å². The molecule has 0 saturated carbocycles. The maximum Gasteiger partial charge on any atom is 0.261 e. The van der Waals surface area contributed by atoms with Crippen LogP contribution in [0.25, 0.3) is 16.6 Å². The zero-order valence-electron chi connectivity index (χ0n) is 15.4. The van der Waals surface area contributed by atoms with E-state index in [0.717, 1.165) is 11.2 Å². The van der Waals surface area contributed by atoms with Gasteiger partial charge in [-0.1, -0.05) is 30.3 Å². The zero-order chi connectivity index (χ0) is 19.7. The third-order valence-electron chi connectivity index (χ3n) is 4.62. The molecule has 4 aromatic rings. The summed E-state index contributed by atoms with van der Waals surface area (Å²) < 4.78 is 22.3. The number of aliphatic hydroxyl groups excluding tert-OH is 1. The first-order chi connectivity index (χ1) is 13.5. The van der Waals surface area contributed by atoms with Crippen molar-refractivity contribution in [3.05, 3.63) is 82.0 Å². The van der Waals surface area contributed by atoms with E-state index in [1.165, 1.54) is 10.6 Å². The average Bonchev–Trinajstić information content (AvgIpc) is 3.08. The maximum absolute atomic E-state index is 13.6. The highest BCUT2D eigenvalue weighted by atomic mass is 19.1. The van der Waals surface area contributed by atoms with Crippen LogP contribution in [0.5, 0.6) is 0 Å². The minimum atomic E-state index is -0.926. The summed E-state index contributed by atoms with van der Waals surface area (Å²) in [6.07, 6.45) is -0.926. The number of hydrogen-bond donors (Lipinski definition) is 1. The van der Waals surface area contributed by atoms with Crippen molar-refractivity contribution in [3.8, 4) is 0 Å². The Morgan fingerprint density at radius 2 is 1.93 bits per heavy atom. The van der Waals surface area contributed by atoms with Crippen LogP contribution in [0.1, 0.15) is 11.3 Å². The lowest BCUT2D eigenvalue weighted by atomic mass is 10.2. The maximum atomic E-state index is 13.6. The fourth-order valence-electron chi connectivity index (χ4n) is 3.30. The van der Waals surface area contributed by atoms with E-state index in [9.17, 15) is 14.3 Å². The van der Waals surface area contributed by atoms with Crippen molar-refractivity contribution in [2.75, 3.05) is 6.61 Å². The van der Waals surface area contributed by atoms with Gasteiger partial charge in [0.05, 0.1) is 42.5 Å². The van der Waals surface area contributed by atoms with Gasteiger partial charge in [0.2, 0.25) is 0 Å². The zero-order valence-corrected chi connectivity index (χ0v) is 15.4. The van der Waals surface area contributed by atoms with E-state index in [1.807, 2.05) is 19.1 Å². The molecule has 0 bridgehead atoms. The van der Waals surface area contributed by atoms with Crippen LogP contribution >= 0.6 is 0 Å². The minimum Gasteiger partial charge on any atom is -0.389 e. The van der Waals surface area contributed by atoms with Gasteiger partial charge in [0.15, 0.2) is 0 Å². The molecule has 144 valence electrons. The van der Waals surface area contributed by atoms with Crippen LogP contribution in [0.15, 0.2) is 59.4 Å². The number of fused-ring (bicyclic) bond motifs is 3. The molecule has 2 aromatic heterocycles. The predicted octanol–water partition coefficient (Wildman–Crippen LogP) is 2.67. The topological polar surface area (TPSA) is 68.8 Å². The molecule has 0 radical (unpaired) electrons. The van der Waals surface area contributed by atoms with Crippen LogP contribution in [-0.2, 0) is 17.9 Å². The number of nitrogens with zero attached hydrogens (tertiary/aromatic N) is 3. The van der Waals surface area contributed by atoms with Gasteiger partial charge in [-0.25, -0.2) is 8.91 Å². The summed E-state index contributed by atoms with van der Waals surface area (Å²) in [5, 5.41) is 15.4. The molecular weight excluding hydrogens is 361 g/mol. The fourth-order valence-corrected chi connectivity index (χ4v) is 3.30. The van der Waals surface area contributed by atoms with Crippen molar-refractivity contribution in [1.29, 1.82) is 0 Å². The second kappa shape index (κ2) is 7.53. The number of halogens is 1. The van der Waals surface area contributed by atoms with Crippen molar-refractivity contribution in [1.82, 2.24) is 14.2 Å². The molecule has 6 nitrogen and oxygen atoms in total. The lowest BCUT2D eigenvalue weighted by Crippen LogP contribution is -2.30. The van der Waals surface area contributed by atoms with Crippen molar-refractivity contribution in [2.24, 2.45) is 0 Å². The molecule has 4 rings (SSSR count). The van der Waals surface area contributed by atoms with Gasteiger partial charge in [0.25, 0.3) is 5.56 Å². The van der Waals surface area contributed by atoms with E-state index in [2.05, 4.69) is 5.10 Å². The second-order valence-electron chi connectivity index (χ2n) is 6.75. The van der Waals surface area contributed by atoms with Crippen molar-refractivity contribution in [2.45, 2.75) is 26.2 Å². The van der Waals surface area contributed by atoms with Crippen LogP contribution in [0.4, 0.5) is 4.39 Å². The Labute approximate surface area is 160 Å². The summed E-state index contributed by atoms with van der Waals surface area (Å²) in [7, 11) is 0. The number of hydrogen-bond acceptors (Lipinski definition) is 4. The predicted molar refractivity (Wildman–Crippen MR) is 104 cm³/mol. The van der Waals surface area contributed by atoms with Gasteiger partial charge in [-0.05, 0) is 25.1 Å². The first kappa shape index (κ1) is 18.3. The summed E-state index contributed by atoms with van der Waals surface area (Å²) in [5.74, 6) is -0.348. The fraction of sp³-hybridized carbons (Fsp3) is 0.238. The molecule has 2 aromatic carbocycles. The summed E-state index contributed by atoms with van der Waals surface area (Å²) in [6.45, 7) is 1.94. The SMILES string of the molecule is Cc1cc2n(CC(O)COCc3ccccc3F)c(=O)c3ccccc3n2n1. The molecule has 1 unspecified atom stereocenters. The number of benzene rings is 2. The Balaban J connectivity index is 1.57. The Hall–Kier alpha value is -3.03. The number of aromatic nitrogens is 3. The molecular formula is C21H20FN3O3. The molecule has 0 fully saturated rings. The first-order valence-electron chi connectivity index (χ1n) is 9.02. The molecule has 0 saturated heterocycles. The van der Waals surface area contributed by atoms with E-state index >= 15 is 0 Å². The Morgan fingerprint density at radius 3 is 2.75 bits per heavy atom. The van der Waals surface area contributed by atoms with Crippen LogP contribution in [-0.4, -0.2) is 32.0 Å². The largest absolute Gasteiger partial charge is 0.389 e. The van der Waals surface area contributed by atoms with Gasteiger partial charge in [-0.15, -0.1) is 0 Å². The molecule has 0 aliphatic heterocycles. The van der Waals surface area contributed by atoms with E-state index < -0.39 is 6.10 Å². The number of aryl methyl sites for hydroxylation is 1. The molecule has 7 heteroatoms. The Bertz CT molecular complexity index is 1200. The van der Waals surface area contributed by atoms with Crippen LogP contribution in [0.2, 0.25) is 0 Å². The van der Waals surface area contributed by atoms with Crippen molar-refractivity contribution in [3.63, 3.8) is 0 Å². The Kier molecular flexibility index (Phi) is 4.93. The lowest BCUT2D eigenvalue weighted by Gasteiger charge is -2.15. The molecule has 1 atom stereocenters. The van der Waals surface area contributed by atoms with E-state index in [1.54, 1.807) is 40.9 Å². The summed E-state index contributed by atoms with van der Waals surface area (Å²) >= 11 is 0. The van der Waals surface area contributed by atoms with Gasteiger partial charge in [-0.2, -0.15) is 5.10 Å². The first-order valence-corrected chi connectivity index (χ1v) is 9.02. The number of aliphatic hydroxyl groups is 1. The smallest absolute Gasteiger partial charge is 0.261 e. The summed E-state index contributed by atoms with van der Waals surface area (Å²) in [6, 6.07) is 15.4. The van der Waals surface area contributed by atoms with Gasteiger partial charge in [0.1, 0.15) is 11.5 Å². The van der Waals surface area contributed by atoms with E-state index in [-0.39, 0.29) is 31.1 Å². The average molecular weight is 381 g/mol. The third-order valence-corrected chi connectivity index (χ3v) is 4.62. The van der Waals surface area contributed by atoms with Crippen molar-refractivity contribution >= 4 is 16.6 Å². The van der Waals surface area contributed by atoms with Crippen LogP contribution in [0, 0.1) is 12.7 Å². The molecule has 0 amide bonds. The summed E-state index contributed by atoms with van der Waals surface area (Å²) in [4.78, 5) is 12.9. The number of ether oxygens (including phenoxy) is 1. The Morgan fingerprint density at radius 1 is 1.18 bits per heavy atom. The van der Waals surface area contributed by atoms with Crippen LogP contribution < -0.4 is 5.56 Å². The second-order valence-corrected chi connectivity index (χ2v) is 6.75. The molecule has 0 aliphatic rings. The van der Waals surface area contributed by atoms with E-state index in [0.29, 0.717) is 16.6 Å².